The highest BCUT2D eigenvalue weighted by atomic mass is 32.2. The van der Waals surface area contributed by atoms with E-state index < -0.39 is 10.8 Å². The number of ether oxygens (including phenoxy) is 1. The Morgan fingerprint density at radius 1 is 1.38 bits per heavy atom. The molecule has 0 spiro atoms. The van der Waals surface area contributed by atoms with Crippen LogP contribution in [0.3, 0.4) is 0 Å². The van der Waals surface area contributed by atoms with Gasteiger partial charge >= 0.3 is 0 Å². The molecule has 1 heterocycles. The van der Waals surface area contributed by atoms with Gasteiger partial charge in [0.1, 0.15) is 0 Å². The third kappa shape index (κ3) is 3.54. The molecule has 3 nitrogen and oxygen atoms in total. The molecule has 1 aliphatic heterocycles. The summed E-state index contributed by atoms with van der Waals surface area (Å²) in [6, 6.07) is 0.609. The Bertz CT molecular complexity index is 243. The Hall–Kier alpha value is 0.0700. The van der Waals surface area contributed by atoms with Crippen molar-refractivity contribution in [3.63, 3.8) is 0 Å². The molecule has 16 heavy (non-hydrogen) atoms. The summed E-state index contributed by atoms with van der Waals surface area (Å²) in [6.07, 6.45) is 6.07. The van der Waals surface area contributed by atoms with Gasteiger partial charge in [0.25, 0.3) is 0 Å². The Balaban J connectivity index is 1.65. The van der Waals surface area contributed by atoms with Gasteiger partial charge in [0.2, 0.25) is 0 Å². The van der Waals surface area contributed by atoms with E-state index in [1.54, 1.807) is 7.11 Å². The highest BCUT2D eigenvalue weighted by Crippen LogP contribution is 2.48. The maximum absolute atomic E-state index is 11.2. The van der Waals surface area contributed by atoms with E-state index in [2.05, 4.69) is 5.32 Å². The van der Waals surface area contributed by atoms with E-state index in [0.717, 1.165) is 37.5 Å². The lowest BCUT2D eigenvalue weighted by atomic mass is 10.0. The number of nitrogens with one attached hydrogen (secondary N) is 1. The molecule has 1 N–H and O–H groups in total. The second-order valence-corrected chi connectivity index (χ2v) is 6.94. The molecule has 4 heteroatoms. The summed E-state index contributed by atoms with van der Waals surface area (Å²) >= 11 is 0. The minimum atomic E-state index is -0.535. The van der Waals surface area contributed by atoms with Crippen LogP contribution in [-0.4, -0.2) is 42.0 Å². The maximum Gasteiger partial charge on any atom is 0.0468 e. The first kappa shape index (κ1) is 12.5. The average molecular weight is 245 g/mol. The molecule has 0 aromatic heterocycles. The van der Waals surface area contributed by atoms with E-state index >= 15 is 0 Å². The van der Waals surface area contributed by atoms with Crippen molar-refractivity contribution in [3.8, 4) is 0 Å². The molecule has 0 bridgehead atoms. The van der Waals surface area contributed by atoms with Gasteiger partial charge in [0.15, 0.2) is 0 Å². The molecule has 1 aliphatic carbocycles. The number of hydrogen-bond acceptors (Lipinski definition) is 3. The maximum atomic E-state index is 11.2. The Kier molecular flexibility index (Phi) is 4.39. The highest BCUT2D eigenvalue weighted by molar-refractivity contribution is 7.85. The highest BCUT2D eigenvalue weighted by Gasteiger charge is 2.41. The Morgan fingerprint density at radius 3 is 2.62 bits per heavy atom. The zero-order valence-electron chi connectivity index (χ0n) is 10.2. The predicted octanol–water partition coefficient (Wildman–Crippen LogP) is 1.30. The molecule has 2 rings (SSSR count). The largest absolute Gasteiger partial charge is 0.385 e. The Labute approximate surface area is 101 Å². The van der Waals surface area contributed by atoms with Crippen molar-refractivity contribution in [2.75, 3.05) is 31.8 Å². The Morgan fingerprint density at radius 2 is 2.06 bits per heavy atom. The SMILES string of the molecule is COCCC1(CNC2CCS(=O)CC2)CC1. The fourth-order valence-corrected chi connectivity index (χ4v) is 3.67. The summed E-state index contributed by atoms with van der Waals surface area (Å²) in [4.78, 5) is 0. The molecule has 1 saturated carbocycles. The zero-order valence-corrected chi connectivity index (χ0v) is 11.0. The van der Waals surface area contributed by atoms with E-state index in [1.165, 1.54) is 19.3 Å². The van der Waals surface area contributed by atoms with Crippen molar-refractivity contribution >= 4 is 10.8 Å². The molecule has 0 atom stereocenters. The normalized spacial score (nSPS) is 32.6. The first-order valence-electron chi connectivity index (χ1n) is 6.31. The summed E-state index contributed by atoms with van der Waals surface area (Å²) in [5.41, 5.74) is 0.534. The molecule has 0 aromatic carbocycles. The second-order valence-electron chi connectivity index (χ2n) is 5.25. The summed E-state index contributed by atoms with van der Waals surface area (Å²) < 4.78 is 16.4. The van der Waals surface area contributed by atoms with Crippen LogP contribution in [0.1, 0.15) is 32.1 Å². The summed E-state index contributed by atoms with van der Waals surface area (Å²) in [6.45, 7) is 2.02. The topological polar surface area (TPSA) is 38.3 Å². The molecular formula is C12H23NO2S. The van der Waals surface area contributed by atoms with Crippen LogP contribution < -0.4 is 5.32 Å². The molecule has 0 amide bonds. The van der Waals surface area contributed by atoms with Crippen molar-refractivity contribution in [2.24, 2.45) is 5.41 Å². The quantitative estimate of drug-likeness (QED) is 0.766. The van der Waals surface area contributed by atoms with Crippen molar-refractivity contribution in [1.29, 1.82) is 0 Å². The van der Waals surface area contributed by atoms with Crippen LogP contribution in [0.2, 0.25) is 0 Å². The summed E-state index contributed by atoms with van der Waals surface area (Å²) in [7, 11) is 1.24. The van der Waals surface area contributed by atoms with Crippen LogP contribution in [0.15, 0.2) is 0 Å². The van der Waals surface area contributed by atoms with Crippen LogP contribution >= 0.6 is 0 Å². The van der Waals surface area contributed by atoms with Gasteiger partial charge < -0.3 is 10.1 Å². The molecule has 2 aliphatic rings. The van der Waals surface area contributed by atoms with Crippen molar-refractivity contribution in [2.45, 2.75) is 38.1 Å². The number of methoxy groups -OCH3 is 1. The lowest BCUT2D eigenvalue weighted by Gasteiger charge is -2.25. The van der Waals surface area contributed by atoms with Gasteiger partial charge in [0.05, 0.1) is 0 Å². The predicted molar refractivity (Wildman–Crippen MR) is 67.1 cm³/mol. The van der Waals surface area contributed by atoms with Gasteiger partial charge in [-0.25, -0.2) is 0 Å². The molecule has 1 saturated heterocycles. The lowest BCUT2D eigenvalue weighted by molar-refractivity contribution is 0.170. The second kappa shape index (κ2) is 5.61. The molecular weight excluding hydrogens is 222 g/mol. The first-order chi connectivity index (χ1) is 7.74. The minimum Gasteiger partial charge on any atom is -0.385 e. The molecule has 0 unspecified atom stereocenters. The van der Waals surface area contributed by atoms with E-state index in [0.29, 0.717) is 11.5 Å². The fraction of sp³-hybridized carbons (Fsp3) is 1.00. The van der Waals surface area contributed by atoms with Crippen LogP contribution in [-0.2, 0) is 15.5 Å². The number of hydrogen-bond donors (Lipinski definition) is 1. The van der Waals surface area contributed by atoms with Gasteiger partial charge in [-0.15, -0.1) is 0 Å². The van der Waals surface area contributed by atoms with Gasteiger partial charge in [-0.05, 0) is 37.5 Å². The molecule has 94 valence electrons. The standard InChI is InChI=1S/C12H23NO2S/c1-15-7-6-12(4-5-12)10-13-11-2-8-16(14)9-3-11/h11,13H,2-10H2,1H3. The molecule has 0 radical (unpaired) electrons. The number of rotatable bonds is 6. The van der Waals surface area contributed by atoms with E-state index in [-0.39, 0.29) is 0 Å². The van der Waals surface area contributed by atoms with E-state index in [1.807, 2.05) is 0 Å². The van der Waals surface area contributed by atoms with Crippen molar-refractivity contribution < 1.29 is 8.95 Å². The van der Waals surface area contributed by atoms with Crippen LogP contribution in [0, 0.1) is 5.41 Å². The zero-order chi connectivity index (χ0) is 11.4. The third-order valence-electron chi connectivity index (χ3n) is 3.95. The fourth-order valence-electron chi connectivity index (χ4n) is 2.37. The molecule has 0 aromatic rings. The lowest BCUT2D eigenvalue weighted by Crippen LogP contribution is -2.39. The van der Waals surface area contributed by atoms with Crippen LogP contribution in [0.25, 0.3) is 0 Å². The van der Waals surface area contributed by atoms with Crippen molar-refractivity contribution in [1.82, 2.24) is 5.32 Å². The van der Waals surface area contributed by atoms with Gasteiger partial charge in [-0.3, -0.25) is 4.21 Å². The smallest absolute Gasteiger partial charge is 0.0468 e. The average Bonchev–Trinajstić information content (AvgIpc) is 3.07. The van der Waals surface area contributed by atoms with Crippen LogP contribution in [0.4, 0.5) is 0 Å². The third-order valence-corrected chi connectivity index (χ3v) is 5.33. The van der Waals surface area contributed by atoms with Crippen LogP contribution in [0.5, 0.6) is 0 Å². The summed E-state index contributed by atoms with van der Waals surface area (Å²) in [5.74, 6) is 1.78. The molecule has 2 fully saturated rings. The summed E-state index contributed by atoms with van der Waals surface area (Å²) in [5, 5.41) is 3.66. The van der Waals surface area contributed by atoms with Gasteiger partial charge in [-0.1, -0.05) is 0 Å². The van der Waals surface area contributed by atoms with Crippen molar-refractivity contribution in [3.05, 3.63) is 0 Å². The minimum absolute atomic E-state index is 0.534. The monoisotopic (exact) mass is 245 g/mol. The van der Waals surface area contributed by atoms with Gasteiger partial charge in [-0.2, -0.15) is 0 Å². The van der Waals surface area contributed by atoms with Gasteiger partial charge in [0, 0.05) is 48.6 Å². The van der Waals surface area contributed by atoms with E-state index in [4.69, 9.17) is 4.74 Å². The first-order valence-corrected chi connectivity index (χ1v) is 7.80. The van der Waals surface area contributed by atoms with E-state index in [9.17, 15) is 4.21 Å².